The molecule has 4 heteroatoms. The molecule has 1 fully saturated rings. The molecule has 2 unspecified atom stereocenters. The van der Waals surface area contributed by atoms with Crippen molar-refractivity contribution in [1.29, 1.82) is 0 Å². The van der Waals surface area contributed by atoms with Gasteiger partial charge in [-0.15, -0.1) is 12.4 Å². The van der Waals surface area contributed by atoms with E-state index in [1.165, 1.54) is 11.1 Å². The Balaban J connectivity index is 0.00000261. The van der Waals surface area contributed by atoms with Gasteiger partial charge < -0.3 is 11.1 Å². The summed E-state index contributed by atoms with van der Waals surface area (Å²) in [6.45, 7) is 0. The first kappa shape index (κ1) is 21.5. The van der Waals surface area contributed by atoms with Crippen molar-refractivity contribution < 1.29 is 4.79 Å². The number of hydrogen-bond donors (Lipinski definition) is 2. The van der Waals surface area contributed by atoms with E-state index >= 15 is 0 Å². The highest BCUT2D eigenvalue weighted by atomic mass is 35.5. The molecule has 3 N–H and O–H groups in total. The SMILES string of the molecule is Cl.NC1CCC(C(=O)NC(CCc2ccccc2)CCc2ccccc2)C1. The number of aryl methyl sites for hydroxylation is 2. The summed E-state index contributed by atoms with van der Waals surface area (Å²) >= 11 is 0. The van der Waals surface area contributed by atoms with E-state index in [1.807, 2.05) is 12.1 Å². The van der Waals surface area contributed by atoms with Gasteiger partial charge in [-0.3, -0.25) is 4.79 Å². The number of carbonyl (C=O) groups is 1. The Kier molecular flexibility index (Phi) is 8.83. The van der Waals surface area contributed by atoms with Gasteiger partial charge in [0.2, 0.25) is 5.91 Å². The van der Waals surface area contributed by atoms with Crippen LogP contribution in [-0.4, -0.2) is 18.0 Å². The van der Waals surface area contributed by atoms with E-state index in [1.54, 1.807) is 0 Å². The summed E-state index contributed by atoms with van der Waals surface area (Å²) in [6, 6.07) is 21.4. The third kappa shape index (κ3) is 7.00. The predicted octanol–water partition coefficient (Wildman–Crippen LogP) is 4.29. The molecule has 27 heavy (non-hydrogen) atoms. The smallest absolute Gasteiger partial charge is 0.223 e. The maximum Gasteiger partial charge on any atom is 0.223 e. The number of nitrogens with one attached hydrogen (secondary N) is 1. The Bertz CT molecular complexity index is 634. The Hall–Kier alpha value is -1.84. The molecule has 1 aliphatic rings. The molecule has 0 heterocycles. The molecule has 0 aromatic heterocycles. The fourth-order valence-corrected chi connectivity index (χ4v) is 3.83. The largest absolute Gasteiger partial charge is 0.353 e. The topological polar surface area (TPSA) is 55.1 Å². The van der Waals surface area contributed by atoms with Gasteiger partial charge in [0.05, 0.1) is 0 Å². The van der Waals surface area contributed by atoms with Gasteiger partial charge in [-0.1, -0.05) is 60.7 Å². The molecule has 1 aliphatic carbocycles. The predicted molar refractivity (Wildman–Crippen MR) is 114 cm³/mol. The van der Waals surface area contributed by atoms with E-state index < -0.39 is 0 Å². The van der Waals surface area contributed by atoms with Crippen LogP contribution >= 0.6 is 12.4 Å². The van der Waals surface area contributed by atoms with Gasteiger partial charge in [0.15, 0.2) is 0 Å². The Labute approximate surface area is 169 Å². The molecule has 1 amide bonds. The second-order valence-electron chi connectivity index (χ2n) is 7.52. The third-order valence-electron chi connectivity index (χ3n) is 5.44. The second-order valence-corrected chi connectivity index (χ2v) is 7.52. The zero-order valence-electron chi connectivity index (χ0n) is 15.8. The minimum Gasteiger partial charge on any atom is -0.353 e. The highest BCUT2D eigenvalue weighted by Crippen LogP contribution is 2.24. The maximum atomic E-state index is 12.7. The van der Waals surface area contributed by atoms with Gasteiger partial charge in [-0.25, -0.2) is 0 Å². The minimum atomic E-state index is 0. The van der Waals surface area contributed by atoms with Crippen LogP contribution in [0.1, 0.15) is 43.2 Å². The molecular weight excluding hydrogens is 356 g/mol. The minimum absolute atomic E-state index is 0. The monoisotopic (exact) mass is 386 g/mol. The lowest BCUT2D eigenvalue weighted by Crippen LogP contribution is -2.39. The molecule has 3 nitrogen and oxygen atoms in total. The summed E-state index contributed by atoms with van der Waals surface area (Å²) in [5.74, 6) is 0.296. The molecule has 0 aliphatic heterocycles. The zero-order chi connectivity index (χ0) is 18.2. The van der Waals surface area contributed by atoms with Crippen LogP contribution < -0.4 is 11.1 Å². The van der Waals surface area contributed by atoms with Crippen LogP contribution in [0.4, 0.5) is 0 Å². The van der Waals surface area contributed by atoms with Crippen LogP contribution in [0, 0.1) is 5.92 Å². The first-order valence-electron chi connectivity index (χ1n) is 9.84. The van der Waals surface area contributed by atoms with Crippen molar-refractivity contribution in [2.75, 3.05) is 0 Å². The van der Waals surface area contributed by atoms with Gasteiger partial charge >= 0.3 is 0 Å². The summed E-state index contributed by atoms with van der Waals surface area (Å²) in [7, 11) is 0. The Morgan fingerprint density at radius 3 is 1.89 bits per heavy atom. The summed E-state index contributed by atoms with van der Waals surface area (Å²) in [6.07, 6.45) is 6.65. The number of benzene rings is 2. The van der Waals surface area contributed by atoms with Crippen molar-refractivity contribution in [3.05, 3.63) is 71.8 Å². The van der Waals surface area contributed by atoms with Crippen molar-refractivity contribution in [1.82, 2.24) is 5.32 Å². The molecular formula is C23H31ClN2O. The molecule has 1 saturated carbocycles. The normalized spacial score (nSPS) is 18.9. The second kappa shape index (κ2) is 11.1. The van der Waals surface area contributed by atoms with Gasteiger partial charge in [-0.05, 0) is 56.1 Å². The lowest BCUT2D eigenvalue weighted by Gasteiger charge is -2.21. The van der Waals surface area contributed by atoms with Crippen LogP contribution in [0.15, 0.2) is 60.7 Å². The average molecular weight is 387 g/mol. The first-order chi connectivity index (χ1) is 12.7. The average Bonchev–Trinajstić information content (AvgIpc) is 3.12. The standard InChI is InChI=1S/C23H30N2O.ClH/c24-21-14-13-20(17-21)23(26)25-22(15-11-18-7-3-1-4-8-18)16-12-19-9-5-2-6-10-19;/h1-10,20-22H,11-17,24H2,(H,25,26);1H. The van der Waals surface area contributed by atoms with Crippen molar-refractivity contribution in [3.8, 4) is 0 Å². The number of halogens is 1. The number of rotatable bonds is 8. The lowest BCUT2D eigenvalue weighted by molar-refractivity contribution is -0.125. The van der Waals surface area contributed by atoms with Crippen LogP contribution in [0.5, 0.6) is 0 Å². The molecule has 0 spiro atoms. The Morgan fingerprint density at radius 2 is 1.44 bits per heavy atom. The molecule has 0 bridgehead atoms. The number of nitrogens with two attached hydrogens (primary N) is 1. The molecule has 0 radical (unpaired) electrons. The Morgan fingerprint density at radius 1 is 0.926 bits per heavy atom. The fraction of sp³-hybridized carbons (Fsp3) is 0.435. The first-order valence-corrected chi connectivity index (χ1v) is 9.84. The molecule has 2 atom stereocenters. The van der Waals surface area contributed by atoms with Crippen LogP contribution in [-0.2, 0) is 17.6 Å². The lowest BCUT2D eigenvalue weighted by atomic mass is 9.98. The molecule has 0 saturated heterocycles. The summed E-state index contributed by atoms with van der Waals surface area (Å²) < 4.78 is 0. The van der Waals surface area contributed by atoms with Gasteiger partial charge in [0, 0.05) is 18.0 Å². The summed E-state index contributed by atoms with van der Waals surface area (Å²) in [5.41, 5.74) is 8.64. The van der Waals surface area contributed by atoms with E-state index in [9.17, 15) is 4.79 Å². The van der Waals surface area contributed by atoms with Crippen molar-refractivity contribution in [3.63, 3.8) is 0 Å². The van der Waals surface area contributed by atoms with Crippen LogP contribution in [0.25, 0.3) is 0 Å². The number of hydrogen-bond acceptors (Lipinski definition) is 2. The van der Waals surface area contributed by atoms with E-state index in [2.05, 4.69) is 53.8 Å². The highest BCUT2D eigenvalue weighted by molar-refractivity contribution is 5.85. The van der Waals surface area contributed by atoms with Gasteiger partial charge in [0.25, 0.3) is 0 Å². The van der Waals surface area contributed by atoms with Gasteiger partial charge in [0.1, 0.15) is 0 Å². The van der Waals surface area contributed by atoms with Gasteiger partial charge in [-0.2, -0.15) is 0 Å². The summed E-state index contributed by atoms with van der Waals surface area (Å²) in [5, 5.41) is 3.33. The number of amides is 1. The van der Waals surface area contributed by atoms with E-state index in [0.29, 0.717) is 0 Å². The van der Waals surface area contributed by atoms with E-state index in [4.69, 9.17) is 5.73 Å². The molecule has 3 rings (SSSR count). The van der Waals surface area contributed by atoms with Crippen molar-refractivity contribution in [2.45, 2.75) is 57.0 Å². The molecule has 2 aromatic rings. The highest BCUT2D eigenvalue weighted by Gasteiger charge is 2.28. The van der Waals surface area contributed by atoms with Crippen molar-refractivity contribution >= 4 is 18.3 Å². The zero-order valence-corrected chi connectivity index (χ0v) is 16.7. The van der Waals surface area contributed by atoms with E-state index in [-0.39, 0.29) is 36.3 Å². The molecule has 146 valence electrons. The van der Waals surface area contributed by atoms with Crippen LogP contribution in [0.3, 0.4) is 0 Å². The third-order valence-corrected chi connectivity index (χ3v) is 5.44. The summed E-state index contributed by atoms with van der Waals surface area (Å²) in [4.78, 5) is 12.7. The quantitative estimate of drug-likeness (QED) is 0.711. The molecule has 2 aromatic carbocycles. The number of carbonyl (C=O) groups excluding carboxylic acids is 1. The van der Waals surface area contributed by atoms with Crippen molar-refractivity contribution in [2.24, 2.45) is 11.7 Å². The maximum absolute atomic E-state index is 12.7. The van der Waals surface area contributed by atoms with Crippen LogP contribution in [0.2, 0.25) is 0 Å². The van der Waals surface area contributed by atoms with E-state index in [0.717, 1.165) is 44.9 Å². The fourth-order valence-electron chi connectivity index (χ4n) is 3.83.